The number of rotatable bonds is 3. The van der Waals surface area contributed by atoms with Gasteiger partial charge in [-0.25, -0.2) is 9.59 Å². The van der Waals surface area contributed by atoms with Gasteiger partial charge in [0.1, 0.15) is 5.54 Å². The molecular weight excluding hydrogens is 260 g/mol. The summed E-state index contributed by atoms with van der Waals surface area (Å²) in [6.45, 7) is 4.98. The quantitative estimate of drug-likeness (QED) is 0.825. The minimum atomic E-state index is -1.03. The molecule has 0 radical (unpaired) electrons. The van der Waals surface area contributed by atoms with Crippen molar-refractivity contribution in [3.05, 3.63) is 0 Å². The van der Waals surface area contributed by atoms with Gasteiger partial charge in [0.2, 0.25) is 0 Å². The third kappa shape index (κ3) is 2.75. The summed E-state index contributed by atoms with van der Waals surface area (Å²) < 4.78 is 5.46. The van der Waals surface area contributed by atoms with Crippen molar-refractivity contribution >= 4 is 12.0 Å². The van der Waals surface area contributed by atoms with Gasteiger partial charge in [-0.1, -0.05) is 6.92 Å². The molecule has 2 heterocycles. The first-order valence-electron chi connectivity index (χ1n) is 7.42. The Morgan fingerprint density at radius 1 is 1.50 bits per heavy atom. The summed E-state index contributed by atoms with van der Waals surface area (Å²) in [5.74, 6) is -0.895. The number of amides is 2. The van der Waals surface area contributed by atoms with Crippen molar-refractivity contribution in [2.24, 2.45) is 0 Å². The lowest BCUT2D eigenvalue weighted by Crippen LogP contribution is -2.57. The normalized spacial score (nSPS) is 34.0. The molecule has 2 rings (SSSR count). The number of hydrogen-bond donors (Lipinski definition) is 2. The fraction of sp³-hybridized carbons (Fsp3) is 0.857. The average molecular weight is 284 g/mol. The number of nitrogens with one attached hydrogen (secondary N) is 1. The molecule has 0 bridgehead atoms. The molecule has 114 valence electrons. The lowest BCUT2D eigenvalue weighted by Gasteiger charge is -2.36. The van der Waals surface area contributed by atoms with Crippen LogP contribution in [0.2, 0.25) is 0 Å². The standard InChI is InChI=1S/C14H24N2O4/c1-3-14(12(17)18)6-4-7-16(14)13(19)15-11-5-8-20-10(2)9-11/h10-11H,3-9H2,1-2H3,(H,15,19)(H,17,18). The molecular formula is C14H24N2O4. The van der Waals surface area contributed by atoms with Gasteiger partial charge >= 0.3 is 12.0 Å². The van der Waals surface area contributed by atoms with Crippen LogP contribution in [0.3, 0.4) is 0 Å². The highest BCUT2D eigenvalue weighted by Gasteiger charge is 2.48. The van der Waals surface area contributed by atoms with Gasteiger partial charge in [0.15, 0.2) is 0 Å². The highest BCUT2D eigenvalue weighted by molar-refractivity contribution is 5.87. The first-order chi connectivity index (χ1) is 9.49. The lowest BCUT2D eigenvalue weighted by atomic mass is 9.93. The molecule has 2 amide bonds. The maximum absolute atomic E-state index is 12.4. The highest BCUT2D eigenvalue weighted by atomic mass is 16.5. The number of carboxylic acid groups (broad SMARTS) is 1. The van der Waals surface area contributed by atoms with E-state index in [1.165, 1.54) is 4.90 Å². The molecule has 2 saturated heterocycles. The zero-order valence-electron chi connectivity index (χ0n) is 12.2. The third-order valence-corrected chi connectivity index (χ3v) is 4.53. The van der Waals surface area contributed by atoms with Crippen LogP contribution in [-0.4, -0.2) is 52.8 Å². The molecule has 6 nitrogen and oxygen atoms in total. The Morgan fingerprint density at radius 3 is 2.85 bits per heavy atom. The predicted octanol–water partition coefficient (Wildman–Crippen LogP) is 1.59. The molecule has 3 atom stereocenters. The molecule has 0 aromatic rings. The van der Waals surface area contributed by atoms with E-state index >= 15 is 0 Å². The minimum absolute atomic E-state index is 0.0789. The molecule has 0 aromatic heterocycles. The van der Waals surface area contributed by atoms with Gasteiger partial charge in [-0.2, -0.15) is 0 Å². The van der Waals surface area contributed by atoms with Crippen molar-refractivity contribution in [2.75, 3.05) is 13.2 Å². The first-order valence-corrected chi connectivity index (χ1v) is 7.42. The van der Waals surface area contributed by atoms with Crippen molar-refractivity contribution in [1.29, 1.82) is 0 Å². The molecule has 2 fully saturated rings. The largest absolute Gasteiger partial charge is 0.479 e. The second-order valence-corrected chi connectivity index (χ2v) is 5.80. The number of aliphatic carboxylic acids is 1. The smallest absolute Gasteiger partial charge is 0.329 e. The van der Waals surface area contributed by atoms with E-state index in [-0.39, 0.29) is 18.2 Å². The van der Waals surface area contributed by atoms with Gasteiger partial charge in [-0.15, -0.1) is 0 Å². The molecule has 2 aliphatic heterocycles. The van der Waals surface area contributed by atoms with E-state index in [0.29, 0.717) is 26.0 Å². The maximum atomic E-state index is 12.4. The lowest BCUT2D eigenvalue weighted by molar-refractivity contribution is -0.148. The van der Waals surface area contributed by atoms with E-state index in [4.69, 9.17) is 4.74 Å². The number of carbonyl (C=O) groups is 2. The summed E-state index contributed by atoms with van der Waals surface area (Å²) in [4.78, 5) is 25.5. The van der Waals surface area contributed by atoms with Crippen LogP contribution >= 0.6 is 0 Å². The zero-order valence-corrected chi connectivity index (χ0v) is 12.2. The molecule has 0 aliphatic carbocycles. The first kappa shape index (κ1) is 15.1. The summed E-state index contributed by atoms with van der Waals surface area (Å²) in [7, 11) is 0. The number of nitrogens with zero attached hydrogens (tertiary/aromatic N) is 1. The number of ether oxygens (including phenoxy) is 1. The van der Waals surface area contributed by atoms with Crippen molar-refractivity contribution in [1.82, 2.24) is 10.2 Å². The van der Waals surface area contributed by atoms with Crippen molar-refractivity contribution in [3.8, 4) is 0 Å². The number of carboxylic acids is 1. The van der Waals surface area contributed by atoms with Gasteiger partial charge in [0.05, 0.1) is 6.10 Å². The third-order valence-electron chi connectivity index (χ3n) is 4.53. The number of carbonyl (C=O) groups excluding carboxylic acids is 1. The number of urea groups is 1. The Hall–Kier alpha value is -1.30. The molecule has 6 heteroatoms. The van der Waals surface area contributed by atoms with Gasteiger partial charge in [-0.3, -0.25) is 0 Å². The van der Waals surface area contributed by atoms with Crippen LogP contribution in [-0.2, 0) is 9.53 Å². The van der Waals surface area contributed by atoms with E-state index in [1.807, 2.05) is 13.8 Å². The fourth-order valence-electron chi connectivity index (χ4n) is 3.30. The minimum Gasteiger partial charge on any atom is -0.479 e. The number of hydrogen-bond acceptors (Lipinski definition) is 3. The second kappa shape index (κ2) is 5.99. The van der Waals surface area contributed by atoms with Crippen molar-refractivity contribution in [2.45, 2.75) is 63.6 Å². The predicted molar refractivity (Wildman–Crippen MR) is 73.6 cm³/mol. The Bertz CT molecular complexity index is 387. The van der Waals surface area contributed by atoms with E-state index in [2.05, 4.69) is 5.32 Å². The van der Waals surface area contributed by atoms with Crippen LogP contribution in [0.4, 0.5) is 4.79 Å². The topological polar surface area (TPSA) is 78.9 Å². The number of likely N-dealkylation sites (tertiary alicyclic amines) is 1. The Balaban J connectivity index is 2.02. The zero-order chi connectivity index (χ0) is 14.8. The average Bonchev–Trinajstić information content (AvgIpc) is 2.83. The van der Waals surface area contributed by atoms with Crippen LogP contribution in [0, 0.1) is 0 Å². The summed E-state index contributed by atoms with van der Waals surface area (Å²) in [6, 6.07) is -0.166. The van der Waals surface area contributed by atoms with E-state index < -0.39 is 11.5 Å². The Morgan fingerprint density at radius 2 is 2.25 bits per heavy atom. The summed E-state index contributed by atoms with van der Waals surface area (Å²) >= 11 is 0. The summed E-state index contributed by atoms with van der Waals surface area (Å²) in [5, 5.41) is 12.5. The van der Waals surface area contributed by atoms with Gasteiger partial charge in [0, 0.05) is 19.2 Å². The summed E-state index contributed by atoms with van der Waals surface area (Å²) in [5.41, 5.74) is -1.03. The van der Waals surface area contributed by atoms with Crippen molar-refractivity contribution in [3.63, 3.8) is 0 Å². The summed E-state index contributed by atoms with van der Waals surface area (Å²) in [6.07, 6.45) is 3.44. The SMILES string of the molecule is CCC1(C(=O)O)CCCN1C(=O)NC1CCOC(C)C1. The van der Waals surface area contributed by atoms with Crippen molar-refractivity contribution < 1.29 is 19.4 Å². The molecule has 2 aliphatic rings. The monoisotopic (exact) mass is 284 g/mol. The molecule has 3 unspecified atom stereocenters. The molecule has 0 saturated carbocycles. The van der Waals surface area contributed by atoms with E-state index in [0.717, 1.165) is 19.3 Å². The van der Waals surface area contributed by atoms with Crippen LogP contribution in [0.1, 0.15) is 46.0 Å². The van der Waals surface area contributed by atoms with E-state index in [1.54, 1.807) is 0 Å². The Labute approximate surface area is 119 Å². The van der Waals surface area contributed by atoms with Gasteiger partial charge in [0.25, 0.3) is 0 Å². The van der Waals surface area contributed by atoms with Crippen LogP contribution in [0.5, 0.6) is 0 Å². The Kier molecular flexibility index (Phi) is 4.52. The molecule has 0 spiro atoms. The molecule has 0 aromatic carbocycles. The molecule has 2 N–H and O–H groups in total. The second-order valence-electron chi connectivity index (χ2n) is 5.80. The van der Waals surface area contributed by atoms with Crippen LogP contribution in [0.15, 0.2) is 0 Å². The maximum Gasteiger partial charge on any atom is 0.329 e. The van der Waals surface area contributed by atoms with Gasteiger partial charge in [-0.05, 0) is 39.0 Å². The van der Waals surface area contributed by atoms with Crippen LogP contribution < -0.4 is 5.32 Å². The van der Waals surface area contributed by atoms with E-state index in [9.17, 15) is 14.7 Å². The fourth-order valence-corrected chi connectivity index (χ4v) is 3.30. The van der Waals surface area contributed by atoms with Crippen LogP contribution in [0.25, 0.3) is 0 Å². The highest BCUT2D eigenvalue weighted by Crippen LogP contribution is 2.33. The van der Waals surface area contributed by atoms with Gasteiger partial charge < -0.3 is 20.1 Å². The molecule has 20 heavy (non-hydrogen) atoms.